The molecule has 0 radical (unpaired) electrons. The lowest BCUT2D eigenvalue weighted by Gasteiger charge is -2.56. The first kappa shape index (κ1) is 15.8. The first-order valence-corrected chi connectivity index (χ1v) is 8.00. The molecule has 1 aromatic rings. The molecule has 0 bridgehead atoms. The van der Waals surface area contributed by atoms with Gasteiger partial charge in [0.2, 0.25) is 0 Å². The van der Waals surface area contributed by atoms with Crippen molar-refractivity contribution < 1.29 is 14.3 Å². The number of carbonyl (C=O) groups excluding carboxylic acids is 1. The fourth-order valence-corrected chi connectivity index (χ4v) is 3.73. The van der Waals surface area contributed by atoms with E-state index in [9.17, 15) is 10.1 Å². The monoisotopic (exact) mass is 314 g/mol. The summed E-state index contributed by atoms with van der Waals surface area (Å²) in [6.07, 6.45) is 3.21. The summed E-state index contributed by atoms with van der Waals surface area (Å²) in [5.41, 5.74) is 0.770. The highest BCUT2D eigenvalue weighted by atomic mass is 16.5. The number of carbonyl (C=O) groups is 1. The predicted molar refractivity (Wildman–Crippen MR) is 84.9 cm³/mol. The third-order valence-corrected chi connectivity index (χ3v) is 5.23. The van der Waals surface area contributed by atoms with Crippen molar-refractivity contribution in [3.05, 3.63) is 29.8 Å². The molecule has 5 nitrogen and oxygen atoms in total. The molecule has 3 rings (SSSR count). The fourth-order valence-electron chi connectivity index (χ4n) is 3.73. The average molecular weight is 314 g/mol. The van der Waals surface area contributed by atoms with Crippen molar-refractivity contribution in [3.8, 4) is 11.8 Å². The van der Waals surface area contributed by atoms with Gasteiger partial charge in [0.15, 0.2) is 0 Å². The predicted octanol–water partition coefficient (Wildman–Crippen LogP) is 2.16. The quantitative estimate of drug-likeness (QED) is 0.779. The lowest BCUT2D eigenvalue weighted by molar-refractivity contribution is -0.157. The molecule has 1 aromatic carbocycles. The summed E-state index contributed by atoms with van der Waals surface area (Å²) in [4.78, 5) is 13.9. The fraction of sp³-hybridized carbons (Fsp3) is 0.556. The summed E-state index contributed by atoms with van der Waals surface area (Å²) in [7, 11) is 3.07. The molecule has 1 atom stereocenters. The number of esters is 1. The van der Waals surface area contributed by atoms with Gasteiger partial charge in [-0.2, -0.15) is 5.26 Å². The molecule has 5 heteroatoms. The van der Waals surface area contributed by atoms with Crippen LogP contribution in [0, 0.1) is 17.2 Å². The standard InChI is InChI=1S/C18H22N2O3/c1-22-16-5-3-13(4-6-16)9-15-7-8-20(15)18(12-19)10-14(11-18)17(21)23-2/h3-6,14-15H,7-11H2,1-2H3. The molecule has 1 saturated heterocycles. The minimum Gasteiger partial charge on any atom is -0.497 e. The summed E-state index contributed by atoms with van der Waals surface area (Å²) in [5, 5.41) is 9.64. The zero-order valence-electron chi connectivity index (χ0n) is 13.6. The first-order chi connectivity index (χ1) is 11.1. The van der Waals surface area contributed by atoms with Crippen molar-refractivity contribution in [2.75, 3.05) is 20.8 Å². The Labute approximate surface area is 136 Å². The van der Waals surface area contributed by atoms with Gasteiger partial charge in [-0.15, -0.1) is 0 Å². The highest BCUT2D eigenvalue weighted by Gasteiger charge is 2.56. The van der Waals surface area contributed by atoms with E-state index in [1.54, 1.807) is 7.11 Å². The van der Waals surface area contributed by atoms with Gasteiger partial charge in [-0.1, -0.05) is 12.1 Å². The van der Waals surface area contributed by atoms with Crippen LogP contribution >= 0.6 is 0 Å². The highest BCUT2D eigenvalue weighted by molar-refractivity contribution is 5.74. The number of hydrogen-bond donors (Lipinski definition) is 0. The van der Waals surface area contributed by atoms with Crippen LogP contribution in [-0.2, 0) is 16.0 Å². The lowest BCUT2D eigenvalue weighted by atomic mass is 9.66. The Bertz CT molecular complexity index is 614. The second-order valence-corrected chi connectivity index (χ2v) is 6.46. The van der Waals surface area contributed by atoms with Gasteiger partial charge in [0.1, 0.15) is 11.3 Å². The summed E-state index contributed by atoms with van der Waals surface area (Å²) >= 11 is 0. The SMILES string of the molecule is COC(=O)C1CC(C#N)(N2CCC2Cc2ccc(OC)cc2)C1. The maximum atomic E-state index is 11.6. The topological polar surface area (TPSA) is 62.6 Å². The zero-order valence-corrected chi connectivity index (χ0v) is 13.6. The number of rotatable bonds is 5. The molecular formula is C18H22N2O3. The maximum Gasteiger partial charge on any atom is 0.308 e. The molecule has 0 amide bonds. The molecule has 2 fully saturated rings. The Balaban J connectivity index is 1.62. The van der Waals surface area contributed by atoms with Crippen LogP contribution < -0.4 is 4.74 Å². The van der Waals surface area contributed by atoms with Crippen molar-refractivity contribution in [2.24, 2.45) is 5.92 Å². The highest BCUT2D eigenvalue weighted by Crippen LogP contribution is 2.47. The maximum absolute atomic E-state index is 11.6. The average Bonchev–Trinajstić information content (AvgIpc) is 2.54. The molecule has 122 valence electrons. The van der Waals surface area contributed by atoms with Crippen LogP contribution in [0.1, 0.15) is 24.8 Å². The number of hydrogen-bond acceptors (Lipinski definition) is 5. The van der Waals surface area contributed by atoms with Crippen LogP contribution in [0.3, 0.4) is 0 Å². The second-order valence-electron chi connectivity index (χ2n) is 6.46. The number of benzene rings is 1. The van der Waals surface area contributed by atoms with E-state index in [2.05, 4.69) is 23.1 Å². The van der Waals surface area contributed by atoms with Crippen LogP contribution in [0.15, 0.2) is 24.3 Å². The van der Waals surface area contributed by atoms with Crippen molar-refractivity contribution in [1.29, 1.82) is 5.26 Å². The molecule has 1 heterocycles. The summed E-state index contributed by atoms with van der Waals surface area (Å²) in [5.74, 6) is 0.539. The number of likely N-dealkylation sites (tertiary alicyclic amines) is 1. The minimum atomic E-state index is -0.478. The zero-order chi connectivity index (χ0) is 16.4. The Hall–Kier alpha value is -2.06. The molecule has 0 N–H and O–H groups in total. The van der Waals surface area contributed by atoms with Crippen molar-refractivity contribution in [3.63, 3.8) is 0 Å². The summed E-state index contributed by atoms with van der Waals surface area (Å²) in [6.45, 7) is 0.933. The Morgan fingerprint density at radius 1 is 1.35 bits per heavy atom. The smallest absolute Gasteiger partial charge is 0.308 e. The van der Waals surface area contributed by atoms with E-state index < -0.39 is 5.54 Å². The Morgan fingerprint density at radius 3 is 2.52 bits per heavy atom. The van der Waals surface area contributed by atoms with Gasteiger partial charge in [0.05, 0.1) is 26.2 Å². The van der Waals surface area contributed by atoms with Crippen LogP contribution in [0.25, 0.3) is 0 Å². The minimum absolute atomic E-state index is 0.123. The first-order valence-electron chi connectivity index (χ1n) is 8.00. The van der Waals surface area contributed by atoms with E-state index in [0.29, 0.717) is 18.9 Å². The van der Waals surface area contributed by atoms with Gasteiger partial charge in [0.25, 0.3) is 0 Å². The van der Waals surface area contributed by atoms with E-state index in [1.165, 1.54) is 12.7 Å². The van der Waals surface area contributed by atoms with Crippen LogP contribution in [0.4, 0.5) is 0 Å². The largest absolute Gasteiger partial charge is 0.497 e. The van der Waals surface area contributed by atoms with E-state index in [0.717, 1.165) is 25.1 Å². The molecule has 0 aromatic heterocycles. The van der Waals surface area contributed by atoms with E-state index in [-0.39, 0.29) is 11.9 Å². The molecule has 1 saturated carbocycles. The molecule has 0 spiro atoms. The van der Waals surface area contributed by atoms with E-state index in [1.807, 2.05) is 12.1 Å². The molecule has 1 aliphatic carbocycles. The van der Waals surface area contributed by atoms with Crippen molar-refractivity contribution in [2.45, 2.75) is 37.3 Å². The van der Waals surface area contributed by atoms with Gasteiger partial charge in [-0.3, -0.25) is 9.69 Å². The lowest BCUT2D eigenvalue weighted by Crippen LogP contribution is -2.66. The molecule has 1 aliphatic heterocycles. The Morgan fingerprint density at radius 2 is 2.04 bits per heavy atom. The number of nitriles is 1. The molecular weight excluding hydrogens is 292 g/mol. The number of nitrogens with zero attached hydrogens (tertiary/aromatic N) is 2. The van der Waals surface area contributed by atoms with Gasteiger partial charge in [-0.05, 0) is 43.4 Å². The van der Waals surface area contributed by atoms with E-state index >= 15 is 0 Å². The van der Waals surface area contributed by atoms with Crippen molar-refractivity contribution >= 4 is 5.97 Å². The second kappa shape index (κ2) is 6.21. The third kappa shape index (κ3) is 2.79. The molecule has 23 heavy (non-hydrogen) atoms. The molecule has 2 aliphatic rings. The van der Waals surface area contributed by atoms with Crippen LogP contribution in [0.5, 0.6) is 5.75 Å². The van der Waals surface area contributed by atoms with Crippen LogP contribution in [-0.4, -0.2) is 43.2 Å². The summed E-state index contributed by atoms with van der Waals surface area (Å²) < 4.78 is 9.97. The van der Waals surface area contributed by atoms with Gasteiger partial charge in [-0.25, -0.2) is 0 Å². The van der Waals surface area contributed by atoms with Gasteiger partial charge >= 0.3 is 5.97 Å². The van der Waals surface area contributed by atoms with Gasteiger partial charge < -0.3 is 9.47 Å². The molecule has 1 unspecified atom stereocenters. The number of ether oxygens (including phenoxy) is 2. The normalized spacial score (nSPS) is 29.8. The summed E-state index contributed by atoms with van der Waals surface area (Å²) in [6, 6.07) is 10.9. The van der Waals surface area contributed by atoms with Crippen molar-refractivity contribution in [1.82, 2.24) is 4.90 Å². The van der Waals surface area contributed by atoms with Gasteiger partial charge in [0, 0.05) is 12.6 Å². The van der Waals surface area contributed by atoms with Crippen LogP contribution in [0.2, 0.25) is 0 Å². The number of methoxy groups -OCH3 is 2. The third-order valence-electron chi connectivity index (χ3n) is 5.23. The van der Waals surface area contributed by atoms with E-state index in [4.69, 9.17) is 9.47 Å². The Kier molecular flexibility index (Phi) is 4.27.